The number of unbranched alkanes of at least 4 members (excludes halogenated alkanes) is 2. The third kappa shape index (κ3) is 3.29. The zero-order valence-electron chi connectivity index (χ0n) is 9.36. The van der Waals surface area contributed by atoms with E-state index in [-0.39, 0.29) is 0 Å². The van der Waals surface area contributed by atoms with Gasteiger partial charge in [0.15, 0.2) is 0 Å². The van der Waals surface area contributed by atoms with Crippen molar-refractivity contribution in [2.45, 2.75) is 31.1 Å². The fourth-order valence-electron chi connectivity index (χ4n) is 1.39. The molecule has 0 heterocycles. The summed E-state index contributed by atoms with van der Waals surface area (Å²) >= 11 is 1.67. The van der Waals surface area contributed by atoms with E-state index in [2.05, 4.69) is 19.1 Å². The molecule has 0 bridgehead atoms. The van der Waals surface area contributed by atoms with Crippen LogP contribution >= 0.6 is 11.8 Å². The number of hydrogen-bond acceptors (Lipinski definition) is 3. The summed E-state index contributed by atoms with van der Waals surface area (Å²) in [5, 5.41) is 17.9. The third-order valence-electron chi connectivity index (χ3n) is 2.26. The van der Waals surface area contributed by atoms with Gasteiger partial charge in [-0.15, -0.1) is 11.8 Å². The maximum Gasteiger partial charge on any atom is 0.102 e. The first kappa shape index (κ1) is 12.6. The fraction of sp³-hybridized carbons (Fsp3) is 0.385. The van der Waals surface area contributed by atoms with Crippen LogP contribution < -0.4 is 0 Å². The van der Waals surface area contributed by atoms with Gasteiger partial charge in [0.2, 0.25) is 0 Å². The molecule has 0 saturated carbocycles. The number of rotatable bonds is 5. The summed E-state index contributed by atoms with van der Waals surface area (Å²) in [4.78, 5) is 0.928. The van der Waals surface area contributed by atoms with E-state index in [0.29, 0.717) is 11.1 Å². The molecule has 0 unspecified atom stereocenters. The molecule has 0 atom stereocenters. The molecule has 0 saturated heterocycles. The van der Waals surface area contributed by atoms with Crippen molar-refractivity contribution in [3.05, 3.63) is 29.3 Å². The molecule has 82 valence electrons. The van der Waals surface area contributed by atoms with E-state index in [1.165, 1.54) is 12.8 Å². The molecule has 1 aromatic carbocycles. The molecule has 0 aliphatic rings. The molecule has 0 aliphatic heterocycles. The van der Waals surface area contributed by atoms with Crippen LogP contribution in [0, 0.1) is 22.7 Å². The van der Waals surface area contributed by atoms with Crippen LogP contribution in [0.15, 0.2) is 23.1 Å². The molecular weight excluding hydrogens is 216 g/mol. The highest BCUT2D eigenvalue weighted by Gasteiger charge is 2.07. The highest BCUT2D eigenvalue weighted by molar-refractivity contribution is 7.99. The largest absolute Gasteiger partial charge is 0.192 e. The number of hydrogen-bond donors (Lipinski definition) is 0. The van der Waals surface area contributed by atoms with Gasteiger partial charge >= 0.3 is 0 Å². The molecule has 0 N–H and O–H groups in total. The number of nitrogens with zero attached hydrogens (tertiary/aromatic N) is 2. The topological polar surface area (TPSA) is 47.6 Å². The lowest BCUT2D eigenvalue weighted by Gasteiger charge is -2.04. The van der Waals surface area contributed by atoms with Crippen molar-refractivity contribution in [1.29, 1.82) is 10.5 Å². The van der Waals surface area contributed by atoms with E-state index in [0.717, 1.165) is 17.1 Å². The van der Waals surface area contributed by atoms with Crippen molar-refractivity contribution in [2.75, 3.05) is 5.75 Å². The second kappa shape index (κ2) is 6.93. The van der Waals surface area contributed by atoms with Gasteiger partial charge in [-0.05, 0) is 24.3 Å². The molecule has 0 amide bonds. The van der Waals surface area contributed by atoms with Crippen molar-refractivity contribution >= 4 is 11.8 Å². The fourth-order valence-corrected chi connectivity index (χ4v) is 2.44. The minimum absolute atomic E-state index is 0.475. The third-order valence-corrected chi connectivity index (χ3v) is 3.41. The summed E-state index contributed by atoms with van der Waals surface area (Å²) in [6.45, 7) is 2.17. The maximum atomic E-state index is 9.02. The van der Waals surface area contributed by atoms with Gasteiger partial charge in [0.25, 0.3) is 0 Å². The minimum Gasteiger partial charge on any atom is -0.192 e. The van der Waals surface area contributed by atoms with E-state index < -0.39 is 0 Å². The number of thioether (sulfide) groups is 1. The van der Waals surface area contributed by atoms with Gasteiger partial charge < -0.3 is 0 Å². The SMILES string of the molecule is CCCCCSc1cccc(C#N)c1C#N. The van der Waals surface area contributed by atoms with Crippen LogP contribution in [-0.2, 0) is 0 Å². The molecule has 1 rings (SSSR count). The zero-order valence-corrected chi connectivity index (χ0v) is 10.2. The minimum atomic E-state index is 0.475. The maximum absolute atomic E-state index is 9.02. The summed E-state index contributed by atoms with van der Waals surface area (Å²) in [6.07, 6.45) is 3.57. The molecular formula is C13H14N2S. The summed E-state index contributed by atoms with van der Waals surface area (Å²) in [6, 6.07) is 9.60. The molecule has 0 spiro atoms. The Bertz CT molecular complexity index is 427. The Kier molecular flexibility index (Phi) is 5.46. The predicted octanol–water partition coefficient (Wildman–Crippen LogP) is 3.71. The van der Waals surface area contributed by atoms with Crippen molar-refractivity contribution in [3.63, 3.8) is 0 Å². The Morgan fingerprint density at radius 1 is 1.19 bits per heavy atom. The van der Waals surface area contributed by atoms with E-state index in [1.54, 1.807) is 17.8 Å². The van der Waals surface area contributed by atoms with Crippen LogP contribution in [-0.4, -0.2) is 5.75 Å². The van der Waals surface area contributed by atoms with Gasteiger partial charge in [0.05, 0.1) is 11.1 Å². The van der Waals surface area contributed by atoms with Crippen molar-refractivity contribution < 1.29 is 0 Å². The van der Waals surface area contributed by atoms with Crippen LogP contribution in [0.25, 0.3) is 0 Å². The molecule has 0 radical (unpaired) electrons. The van der Waals surface area contributed by atoms with Gasteiger partial charge in [0.1, 0.15) is 12.1 Å². The second-order valence-corrected chi connectivity index (χ2v) is 4.59. The van der Waals surface area contributed by atoms with E-state index in [1.807, 2.05) is 12.1 Å². The van der Waals surface area contributed by atoms with Crippen LogP contribution in [0.5, 0.6) is 0 Å². The molecule has 2 nitrogen and oxygen atoms in total. The molecule has 16 heavy (non-hydrogen) atoms. The smallest absolute Gasteiger partial charge is 0.102 e. The monoisotopic (exact) mass is 230 g/mol. The van der Waals surface area contributed by atoms with Crippen LogP contribution in [0.3, 0.4) is 0 Å². The predicted molar refractivity (Wildman–Crippen MR) is 66.1 cm³/mol. The lowest BCUT2D eigenvalue weighted by Crippen LogP contribution is -1.88. The van der Waals surface area contributed by atoms with E-state index >= 15 is 0 Å². The van der Waals surface area contributed by atoms with Crippen molar-refractivity contribution in [2.24, 2.45) is 0 Å². The summed E-state index contributed by atoms with van der Waals surface area (Å²) in [5.74, 6) is 1.01. The summed E-state index contributed by atoms with van der Waals surface area (Å²) in [5.41, 5.74) is 0.995. The molecule has 1 aromatic rings. The van der Waals surface area contributed by atoms with Gasteiger partial charge in [0, 0.05) is 4.90 Å². The Morgan fingerprint density at radius 3 is 2.62 bits per heavy atom. The lowest BCUT2D eigenvalue weighted by molar-refractivity contribution is 0.778. The standard InChI is InChI=1S/C13H14N2S/c1-2-3-4-8-16-13-7-5-6-11(9-14)12(13)10-15/h5-7H,2-4,8H2,1H3. The molecule has 0 aliphatic carbocycles. The van der Waals surface area contributed by atoms with E-state index in [4.69, 9.17) is 10.5 Å². The highest BCUT2D eigenvalue weighted by atomic mass is 32.2. The highest BCUT2D eigenvalue weighted by Crippen LogP contribution is 2.25. The molecule has 3 heteroatoms. The summed E-state index contributed by atoms with van der Waals surface area (Å²) in [7, 11) is 0. The van der Waals surface area contributed by atoms with Crippen molar-refractivity contribution in [3.8, 4) is 12.1 Å². The van der Waals surface area contributed by atoms with Crippen LogP contribution in [0.4, 0.5) is 0 Å². The number of nitriles is 2. The Morgan fingerprint density at radius 2 is 2.00 bits per heavy atom. The van der Waals surface area contributed by atoms with Gasteiger partial charge in [-0.2, -0.15) is 10.5 Å². The first-order chi connectivity index (χ1) is 7.83. The first-order valence-corrected chi connectivity index (χ1v) is 6.38. The Labute approximate surface area is 101 Å². The zero-order chi connectivity index (χ0) is 11.8. The van der Waals surface area contributed by atoms with E-state index in [9.17, 15) is 0 Å². The summed E-state index contributed by atoms with van der Waals surface area (Å²) < 4.78 is 0. The normalized spacial score (nSPS) is 9.44. The van der Waals surface area contributed by atoms with Crippen LogP contribution in [0.1, 0.15) is 37.3 Å². The molecule has 0 aromatic heterocycles. The Hall–Kier alpha value is -1.45. The average molecular weight is 230 g/mol. The van der Waals surface area contributed by atoms with Crippen LogP contribution in [0.2, 0.25) is 0 Å². The van der Waals surface area contributed by atoms with Gasteiger partial charge in [-0.1, -0.05) is 25.8 Å². The Balaban J connectivity index is 2.74. The lowest BCUT2D eigenvalue weighted by atomic mass is 10.1. The average Bonchev–Trinajstić information content (AvgIpc) is 2.34. The van der Waals surface area contributed by atoms with Gasteiger partial charge in [-0.3, -0.25) is 0 Å². The van der Waals surface area contributed by atoms with Gasteiger partial charge in [-0.25, -0.2) is 0 Å². The first-order valence-electron chi connectivity index (χ1n) is 5.39. The van der Waals surface area contributed by atoms with Crippen molar-refractivity contribution in [1.82, 2.24) is 0 Å². The second-order valence-electron chi connectivity index (χ2n) is 3.46. The number of benzene rings is 1. The molecule has 0 fully saturated rings. The quantitative estimate of drug-likeness (QED) is 0.572.